The molecule has 0 fully saturated rings. The van der Waals surface area contributed by atoms with Crippen LogP contribution in [0.1, 0.15) is 11.1 Å². The van der Waals surface area contributed by atoms with Gasteiger partial charge in [0.1, 0.15) is 0 Å². The van der Waals surface area contributed by atoms with Gasteiger partial charge in [0, 0.05) is 0 Å². The number of nitrogens with one attached hydrogen (secondary N) is 1. The monoisotopic (exact) mass is 271 g/mol. The van der Waals surface area contributed by atoms with Crippen molar-refractivity contribution in [2.75, 3.05) is 0 Å². The number of benzene rings is 1. The van der Waals surface area contributed by atoms with Gasteiger partial charge in [0.05, 0.1) is 5.75 Å². The molecule has 1 aliphatic heterocycles. The van der Waals surface area contributed by atoms with Crippen molar-refractivity contribution in [3.63, 3.8) is 0 Å². The van der Waals surface area contributed by atoms with E-state index < -0.39 is 15.3 Å². The summed E-state index contributed by atoms with van der Waals surface area (Å²) >= 11 is 1.04. The molecule has 0 spiro atoms. The van der Waals surface area contributed by atoms with Crippen molar-refractivity contribution >= 4 is 27.0 Å². The predicted octanol–water partition coefficient (Wildman–Crippen LogP) is 0.760. The molecule has 92 valence electrons. The largest absolute Gasteiger partial charge is 0.377 e. The Kier molecular flexibility index (Phi) is 3.41. The Balaban J connectivity index is 2.18. The molecule has 3 N–H and O–H groups in total. The van der Waals surface area contributed by atoms with Crippen LogP contribution in [0.5, 0.6) is 0 Å². The SMILES string of the molecule is Cc1cccc(CS(=O)(=O)C2N=C(N)SN2)c1. The average Bonchev–Trinajstić information content (AvgIpc) is 2.65. The number of aryl methyl sites for hydroxylation is 1. The van der Waals surface area contributed by atoms with Crippen LogP contribution in [-0.2, 0) is 15.6 Å². The summed E-state index contributed by atoms with van der Waals surface area (Å²) < 4.78 is 26.7. The van der Waals surface area contributed by atoms with Crippen molar-refractivity contribution in [3.8, 4) is 0 Å². The topological polar surface area (TPSA) is 84.5 Å². The van der Waals surface area contributed by atoms with E-state index in [1.807, 2.05) is 25.1 Å². The fourth-order valence-corrected chi connectivity index (χ4v) is 3.85. The minimum absolute atomic E-state index is 0.0380. The highest BCUT2D eigenvalue weighted by molar-refractivity contribution is 8.13. The van der Waals surface area contributed by atoms with Crippen LogP contribution in [0.2, 0.25) is 0 Å². The Morgan fingerprint density at radius 2 is 2.29 bits per heavy atom. The second-order valence-corrected chi connectivity index (χ2v) is 6.75. The van der Waals surface area contributed by atoms with Crippen LogP contribution in [0.15, 0.2) is 29.3 Å². The maximum atomic E-state index is 12.0. The van der Waals surface area contributed by atoms with E-state index in [2.05, 4.69) is 9.71 Å². The van der Waals surface area contributed by atoms with Gasteiger partial charge in [0.2, 0.25) is 5.50 Å². The fraction of sp³-hybridized carbons (Fsp3) is 0.300. The van der Waals surface area contributed by atoms with E-state index in [4.69, 9.17) is 5.73 Å². The van der Waals surface area contributed by atoms with Crippen molar-refractivity contribution in [2.24, 2.45) is 10.7 Å². The number of aliphatic imine (C=N–C) groups is 1. The van der Waals surface area contributed by atoms with E-state index in [1.54, 1.807) is 6.07 Å². The highest BCUT2D eigenvalue weighted by Gasteiger charge is 2.29. The summed E-state index contributed by atoms with van der Waals surface area (Å²) in [7, 11) is -3.36. The Labute approximate surface area is 105 Å². The van der Waals surface area contributed by atoms with Crippen LogP contribution in [0.4, 0.5) is 0 Å². The Bertz CT molecular complexity index is 554. The normalized spacial score (nSPS) is 20.3. The smallest absolute Gasteiger partial charge is 0.214 e. The van der Waals surface area contributed by atoms with E-state index in [9.17, 15) is 8.42 Å². The summed E-state index contributed by atoms with van der Waals surface area (Å²) in [6.07, 6.45) is 0. The molecular weight excluding hydrogens is 258 g/mol. The first-order chi connectivity index (χ1) is 7.97. The van der Waals surface area contributed by atoms with E-state index in [1.165, 1.54) is 0 Å². The average molecular weight is 271 g/mol. The van der Waals surface area contributed by atoms with E-state index in [0.29, 0.717) is 0 Å². The zero-order valence-corrected chi connectivity index (χ0v) is 10.9. The standard InChI is InChI=1S/C10H13N3O2S2/c1-7-3-2-4-8(5-7)6-17(14,15)10-12-9(11)16-13-10/h2-5,10,13H,6H2,1H3,(H2,11,12). The zero-order chi connectivity index (χ0) is 12.5. The Hall–Kier alpha value is -1.05. The summed E-state index contributed by atoms with van der Waals surface area (Å²) in [5.41, 5.74) is 6.29. The fourth-order valence-electron chi connectivity index (χ4n) is 1.55. The summed E-state index contributed by atoms with van der Waals surface area (Å²) in [5.74, 6) is -0.0380. The summed E-state index contributed by atoms with van der Waals surface area (Å²) in [6.45, 7) is 1.93. The number of rotatable bonds is 3. The molecule has 1 aromatic rings. The first-order valence-corrected chi connectivity index (χ1v) is 7.53. The van der Waals surface area contributed by atoms with E-state index in [-0.39, 0.29) is 10.9 Å². The van der Waals surface area contributed by atoms with Crippen LogP contribution in [0, 0.1) is 6.92 Å². The van der Waals surface area contributed by atoms with Crippen molar-refractivity contribution in [2.45, 2.75) is 18.2 Å². The van der Waals surface area contributed by atoms with Gasteiger partial charge >= 0.3 is 0 Å². The predicted molar refractivity (Wildman–Crippen MR) is 69.9 cm³/mol. The number of nitrogens with two attached hydrogens (primary N) is 1. The van der Waals surface area contributed by atoms with Gasteiger partial charge in [-0.2, -0.15) is 0 Å². The second-order valence-electron chi connectivity index (χ2n) is 3.84. The molecule has 1 atom stereocenters. The maximum absolute atomic E-state index is 12.0. The molecule has 0 saturated heterocycles. The number of nitrogens with zero attached hydrogens (tertiary/aromatic N) is 1. The minimum atomic E-state index is -3.36. The summed E-state index contributed by atoms with van der Waals surface area (Å²) in [5, 5.41) is 0.253. The molecule has 0 bridgehead atoms. The molecule has 7 heteroatoms. The number of hydrogen-bond acceptors (Lipinski definition) is 6. The Morgan fingerprint density at radius 1 is 1.53 bits per heavy atom. The van der Waals surface area contributed by atoms with Crippen LogP contribution in [0.3, 0.4) is 0 Å². The molecule has 1 aliphatic rings. The highest BCUT2D eigenvalue weighted by Crippen LogP contribution is 2.18. The lowest BCUT2D eigenvalue weighted by Crippen LogP contribution is -2.28. The van der Waals surface area contributed by atoms with Gasteiger partial charge in [0.15, 0.2) is 15.0 Å². The molecule has 17 heavy (non-hydrogen) atoms. The van der Waals surface area contributed by atoms with Crippen LogP contribution in [0.25, 0.3) is 0 Å². The molecular formula is C10H13N3O2S2. The zero-order valence-electron chi connectivity index (χ0n) is 9.25. The highest BCUT2D eigenvalue weighted by atomic mass is 32.2. The summed E-state index contributed by atoms with van der Waals surface area (Å²) in [4.78, 5) is 3.84. The van der Waals surface area contributed by atoms with Crippen molar-refractivity contribution in [1.29, 1.82) is 0 Å². The van der Waals surface area contributed by atoms with Crippen LogP contribution >= 0.6 is 11.9 Å². The lowest BCUT2D eigenvalue weighted by Gasteiger charge is -2.09. The molecule has 1 aromatic carbocycles. The molecule has 5 nitrogen and oxygen atoms in total. The maximum Gasteiger partial charge on any atom is 0.214 e. The van der Waals surface area contributed by atoms with E-state index >= 15 is 0 Å². The quantitative estimate of drug-likeness (QED) is 0.793. The van der Waals surface area contributed by atoms with Crippen molar-refractivity contribution in [1.82, 2.24) is 4.72 Å². The van der Waals surface area contributed by atoms with Gasteiger partial charge < -0.3 is 5.73 Å². The van der Waals surface area contributed by atoms with Gasteiger partial charge in [-0.25, -0.2) is 18.1 Å². The molecule has 1 unspecified atom stereocenters. The molecule has 0 amide bonds. The molecule has 0 aromatic heterocycles. The molecule has 0 aliphatic carbocycles. The second kappa shape index (κ2) is 4.67. The number of hydrogen-bond donors (Lipinski definition) is 2. The molecule has 0 radical (unpaired) electrons. The lowest BCUT2D eigenvalue weighted by molar-refractivity contribution is 0.579. The third-order valence-corrected chi connectivity index (χ3v) is 4.74. The van der Waals surface area contributed by atoms with Crippen LogP contribution < -0.4 is 10.5 Å². The van der Waals surface area contributed by atoms with Gasteiger partial charge in [0.25, 0.3) is 0 Å². The summed E-state index contributed by atoms with van der Waals surface area (Å²) in [6, 6.07) is 7.41. The van der Waals surface area contributed by atoms with Gasteiger partial charge in [-0.1, -0.05) is 29.8 Å². The van der Waals surface area contributed by atoms with Gasteiger partial charge in [-0.3, -0.25) is 0 Å². The third kappa shape index (κ3) is 2.99. The number of amidine groups is 1. The third-order valence-electron chi connectivity index (χ3n) is 2.30. The molecule has 0 saturated carbocycles. The lowest BCUT2D eigenvalue weighted by atomic mass is 10.2. The van der Waals surface area contributed by atoms with Crippen molar-refractivity contribution in [3.05, 3.63) is 35.4 Å². The van der Waals surface area contributed by atoms with E-state index in [0.717, 1.165) is 23.1 Å². The van der Waals surface area contributed by atoms with Crippen LogP contribution in [-0.4, -0.2) is 19.1 Å². The molecule has 2 rings (SSSR count). The first kappa shape index (κ1) is 12.4. The van der Waals surface area contributed by atoms with Gasteiger partial charge in [-0.15, -0.1) is 0 Å². The Morgan fingerprint density at radius 3 is 2.88 bits per heavy atom. The minimum Gasteiger partial charge on any atom is -0.377 e. The number of sulfone groups is 1. The van der Waals surface area contributed by atoms with Crippen molar-refractivity contribution < 1.29 is 8.42 Å². The molecule has 1 heterocycles. The first-order valence-electron chi connectivity index (χ1n) is 5.00. The van der Waals surface area contributed by atoms with Gasteiger partial charge in [-0.05, 0) is 24.4 Å².